The van der Waals surface area contributed by atoms with Crippen LogP contribution >= 0.6 is 0 Å². The molecule has 0 amide bonds. The number of aliphatic hydroxyl groups excluding tert-OH is 3. The van der Waals surface area contributed by atoms with Crippen molar-refractivity contribution < 1.29 is 25.2 Å². The Morgan fingerprint density at radius 1 is 1.41 bits per heavy atom. The molecule has 0 aliphatic carbocycles. The Bertz CT molecular complexity index is 759. The van der Waals surface area contributed by atoms with Gasteiger partial charge in [-0.2, -0.15) is 4.98 Å². The van der Waals surface area contributed by atoms with Crippen LogP contribution in [0.15, 0.2) is 17.8 Å². The molecule has 0 saturated carbocycles. The molecule has 0 spiro atoms. The summed E-state index contributed by atoms with van der Waals surface area (Å²) in [5.74, 6) is -0.361. The van der Waals surface area contributed by atoms with Gasteiger partial charge in [0.05, 0.1) is 12.9 Å². The topological polar surface area (TPSA) is 183 Å². The van der Waals surface area contributed by atoms with Crippen LogP contribution in [0.2, 0.25) is 0 Å². The van der Waals surface area contributed by atoms with E-state index in [0.717, 1.165) is 6.33 Å². The number of fused-ring (bicyclic) bond motifs is 1. The van der Waals surface area contributed by atoms with E-state index >= 15 is 0 Å². The summed E-state index contributed by atoms with van der Waals surface area (Å²) in [6.45, 7) is -0.835. The summed E-state index contributed by atoms with van der Waals surface area (Å²) in [7, 11) is 0. The van der Waals surface area contributed by atoms with Gasteiger partial charge in [-0.25, -0.2) is 9.97 Å². The molecule has 116 valence electrons. The van der Waals surface area contributed by atoms with E-state index in [9.17, 15) is 20.4 Å². The summed E-state index contributed by atoms with van der Waals surface area (Å²) < 4.78 is 6.60. The zero-order chi connectivity index (χ0) is 15.9. The minimum Gasteiger partial charge on any atom is -0.492 e. The number of aliphatic hydroxyl groups is 3. The highest BCUT2D eigenvalue weighted by Crippen LogP contribution is 2.39. The largest absolute Gasteiger partial charge is 0.492 e. The van der Waals surface area contributed by atoms with Gasteiger partial charge in [0.2, 0.25) is 11.6 Å². The van der Waals surface area contributed by atoms with Gasteiger partial charge in [0.15, 0.2) is 17.4 Å². The molecule has 4 N–H and O–H groups in total. The second-order valence-electron chi connectivity index (χ2n) is 4.66. The van der Waals surface area contributed by atoms with Crippen molar-refractivity contribution in [3.8, 4) is 5.88 Å². The first kappa shape index (κ1) is 14.4. The van der Waals surface area contributed by atoms with Crippen molar-refractivity contribution >= 4 is 11.2 Å². The van der Waals surface area contributed by atoms with E-state index in [0.29, 0.717) is 0 Å². The Balaban J connectivity index is 2.08. The molecule has 1 saturated heterocycles. The van der Waals surface area contributed by atoms with E-state index in [1.54, 1.807) is 0 Å². The molecule has 4 atom stereocenters. The number of imidazole rings is 1. The Hall–Kier alpha value is -2.50. The van der Waals surface area contributed by atoms with Gasteiger partial charge in [0, 0.05) is 4.91 Å². The third kappa shape index (κ3) is 1.87. The molecule has 3 heterocycles. The Morgan fingerprint density at radius 3 is 2.86 bits per heavy atom. The van der Waals surface area contributed by atoms with Gasteiger partial charge in [0.25, 0.3) is 0 Å². The highest BCUT2D eigenvalue weighted by Gasteiger charge is 2.55. The number of rotatable bonds is 3. The summed E-state index contributed by atoms with van der Waals surface area (Å²) in [5.41, 5.74) is 6.74. The van der Waals surface area contributed by atoms with Crippen LogP contribution in [-0.2, 0) is 4.74 Å². The van der Waals surface area contributed by atoms with E-state index in [4.69, 9.17) is 10.3 Å². The average molecular weight is 309 g/mol. The molecule has 1 aliphatic heterocycles. The van der Waals surface area contributed by atoms with Crippen LogP contribution in [0.5, 0.6) is 5.88 Å². The molecular weight excluding hydrogens is 298 g/mol. The van der Waals surface area contributed by atoms with Crippen molar-refractivity contribution in [2.24, 2.45) is 5.11 Å². The lowest BCUT2D eigenvalue weighted by atomic mass is 10.1. The lowest BCUT2D eigenvalue weighted by molar-refractivity contribution is -0.123. The predicted octanol–water partition coefficient (Wildman–Crippen LogP) is -1.22. The molecule has 12 nitrogen and oxygen atoms in total. The van der Waals surface area contributed by atoms with Crippen LogP contribution in [0.3, 0.4) is 0 Å². The van der Waals surface area contributed by atoms with Gasteiger partial charge in [-0.05, 0) is 5.53 Å². The zero-order valence-electron chi connectivity index (χ0n) is 10.9. The van der Waals surface area contributed by atoms with Crippen molar-refractivity contribution in [1.82, 2.24) is 19.5 Å². The predicted molar refractivity (Wildman–Crippen MR) is 68.1 cm³/mol. The van der Waals surface area contributed by atoms with Crippen molar-refractivity contribution in [2.75, 3.05) is 6.61 Å². The molecule has 1 aliphatic rings. The molecule has 0 unspecified atom stereocenters. The average Bonchev–Trinajstić information content (AvgIpc) is 3.04. The Labute approximate surface area is 121 Å². The third-order valence-corrected chi connectivity index (χ3v) is 3.46. The highest BCUT2D eigenvalue weighted by atomic mass is 16.6. The van der Waals surface area contributed by atoms with E-state index in [1.165, 1.54) is 10.9 Å². The summed E-state index contributed by atoms with van der Waals surface area (Å²) in [4.78, 5) is 13.9. The van der Waals surface area contributed by atoms with E-state index in [-0.39, 0.29) is 17.0 Å². The number of hydrogen-bond donors (Lipinski definition) is 4. The van der Waals surface area contributed by atoms with Gasteiger partial charge >= 0.3 is 0 Å². The summed E-state index contributed by atoms with van der Waals surface area (Å²) in [6.07, 6.45) is -2.12. The van der Waals surface area contributed by atoms with Crippen LogP contribution in [0.1, 0.15) is 6.23 Å². The van der Waals surface area contributed by atoms with Crippen LogP contribution < -0.4 is 0 Å². The summed E-state index contributed by atoms with van der Waals surface area (Å²) in [6, 6.07) is 0. The zero-order valence-corrected chi connectivity index (χ0v) is 10.9. The molecule has 3 rings (SSSR count). The monoisotopic (exact) mass is 309 g/mol. The molecule has 1 fully saturated rings. The Kier molecular flexibility index (Phi) is 3.31. The first-order valence-corrected chi connectivity index (χ1v) is 6.11. The molecule has 0 radical (unpaired) electrons. The van der Waals surface area contributed by atoms with Gasteiger partial charge in [-0.15, -0.1) is 0 Å². The molecule has 2 aromatic heterocycles. The lowest BCUT2D eigenvalue weighted by Crippen LogP contribution is -2.44. The second-order valence-corrected chi connectivity index (χ2v) is 4.66. The van der Waals surface area contributed by atoms with Crippen LogP contribution in [-0.4, -0.2) is 64.5 Å². The smallest absolute Gasteiger partial charge is 0.242 e. The third-order valence-electron chi connectivity index (χ3n) is 3.46. The highest BCUT2D eigenvalue weighted by molar-refractivity contribution is 5.75. The fraction of sp³-hybridized carbons (Fsp3) is 0.500. The number of hydrogen-bond acceptors (Lipinski definition) is 9. The fourth-order valence-corrected chi connectivity index (χ4v) is 2.34. The first-order chi connectivity index (χ1) is 10.5. The molecule has 12 heteroatoms. The SMILES string of the molecule is [N-]=[N+]=N[C@]1(CO)O[C@@H](n2cnc3c(O)ncnc32)[C@H](O)[C@@H]1O. The fourth-order valence-electron chi connectivity index (χ4n) is 2.34. The van der Waals surface area contributed by atoms with E-state index < -0.39 is 30.8 Å². The van der Waals surface area contributed by atoms with Gasteiger partial charge in [0.1, 0.15) is 18.5 Å². The van der Waals surface area contributed by atoms with E-state index in [1.807, 2.05) is 0 Å². The van der Waals surface area contributed by atoms with Crippen molar-refractivity contribution in [2.45, 2.75) is 24.2 Å². The maximum Gasteiger partial charge on any atom is 0.242 e. The van der Waals surface area contributed by atoms with Crippen LogP contribution in [0.4, 0.5) is 0 Å². The first-order valence-electron chi connectivity index (χ1n) is 6.11. The van der Waals surface area contributed by atoms with Crippen LogP contribution in [0.25, 0.3) is 21.6 Å². The lowest BCUT2D eigenvalue weighted by Gasteiger charge is -2.23. The normalized spacial score (nSPS) is 31.3. The molecule has 22 heavy (non-hydrogen) atoms. The second kappa shape index (κ2) is 5.05. The molecule has 2 aromatic rings. The minimum atomic E-state index is -2.02. The Morgan fingerprint density at radius 2 is 2.18 bits per heavy atom. The van der Waals surface area contributed by atoms with Crippen LogP contribution in [0, 0.1) is 0 Å². The maximum atomic E-state index is 10.1. The molecule has 0 bridgehead atoms. The van der Waals surface area contributed by atoms with Crippen molar-refractivity contribution in [3.63, 3.8) is 0 Å². The number of nitrogens with zero attached hydrogens (tertiary/aromatic N) is 7. The minimum absolute atomic E-state index is 0.0677. The van der Waals surface area contributed by atoms with Gasteiger partial charge in [-0.3, -0.25) is 4.57 Å². The summed E-state index contributed by atoms with van der Waals surface area (Å²) >= 11 is 0. The van der Waals surface area contributed by atoms with Crippen molar-refractivity contribution in [3.05, 3.63) is 23.1 Å². The number of aromatic hydroxyl groups is 1. The molecule has 0 aromatic carbocycles. The van der Waals surface area contributed by atoms with Crippen molar-refractivity contribution in [1.29, 1.82) is 0 Å². The summed E-state index contributed by atoms with van der Waals surface area (Å²) in [5, 5.41) is 42.3. The standard InChI is InChI=1S/C10H11N7O5/c11-16-15-10(1-18)6(20)5(19)9(22-10)17-3-14-4-7(17)12-2-13-8(4)21/h2-3,5-6,9,18-20H,1H2,(H,12,13,21)/t5-,6+,9-,10-/m1/s1. The quantitative estimate of drug-likeness (QED) is 0.309. The van der Waals surface area contributed by atoms with E-state index in [2.05, 4.69) is 25.0 Å². The van der Waals surface area contributed by atoms with Gasteiger partial charge < -0.3 is 25.2 Å². The number of aromatic nitrogens is 4. The number of ether oxygens (including phenoxy) is 1. The molecular formula is C10H11N7O5. The van der Waals surface area contributed by atoms with Gasteiger partial charge in [-0.1, -0.05) is 5.11 Å². The maximum absolute atomic E-state index is 10.1. The number of azide groups is 1.